The van der Waals surface area contributed by atoms with Crippen LogP contribution in [0.3, 0.4) is 0 Å². The standard InChI is InChI=1S/C15H24N2O2S/c1-4-12-14(15(18)19)20-13(16-12)5-6-17-8-10(2)7-11(3)9-17/h10-11H,4-9H2,1-3H3,(H,18,19). The van der Waals surface area contributed by atoms with E-state index in [1.165, 1.54) is 17.8 Å². The number of thiazole rings is 1. The fourth-order valence-corrected chi connectivity index (χ4v) is 4.12. The second kappa shape index (κ2) is 6.68. The van der Waals surface area contributed by atoms with E-state index >= 15 is 0 Å². The molecule has 1 aromatic rings. The third-order valence-corrected chi connectivity index (χ3v) is 5.00. The van der Waals surface area contributed by atoms with Crippen molar-refractivity contribution < 1.29 is 9.90 Å². The number of piperidine rings is 1. The van der Waals surface area contributed by atoms with Gasteiger partial charge in [0.15, 0.2) is 0 Å². The number of aromatic nitrogens is 1. The van der Waals surface area contributed by atoms with Gasteiger partial charge in [0.1, 0.15) is 4.88 Å². The maximum atomic E-state index is 11.1. The molecule has 0 aliphatic carbocycles. The summed E-state index contributed by atoms with van der Waals surface area (Å²) in [5.41, 5.74) is 0.734. The van der Waals surface area contributed by atoms with Gasteiger partial charge in [-0.15, -0.1) is 11.3 Å². The lowest BCUT2D eigenvalue weighted by atomic mass is 9.92. The molecule has 5 heteroatoms. The molecule has 1 saturated heterocycles. The van der Waals surface area contributed by atoms with Crippen molar-refractivity contribution in [2.24, 2.45) is 11.8 Å². The molecule has 0 aromatic carbocycles. The lowest BCUT2D eigenvalue weighted by molar-refractivity contribution is 0.0701. The van der Waals surface area contributed by atoms with Crippen molar-refractivity contribution in [2.45, 2.75) is 40.0 Å². The van der Waals surface area contributed by atoms with E-state index < -0.39 is 5.97 Å². The fraction of sp³-hybridized carbons (Fsp3) is 0.733. The predicted molar refractivity (Wildman–Crippen MR) is 81.5 cm³/mol. The second-order valence-electron chi connectivity index (χ2n) is 6.00. The largest absolute Gasteiger partial charge is 0.477 e. The molecule has 1 aromatic heterocycles. The third-order valence-electron chi connectivity index (χ3n) is 3.86. The minimum atomic E-state index is -0.842. The van der Waals surface area contributed by atoms with Gasteiger partial charge in [-0.1, -0.05) is 20.8 Å². The number of carboxylic acid groups (broad SMARTS) is 1. The van der Waals surface area contributed by atoms with Crippen LogP contribution in [0.1, 0.15) is 47.6 Å². The van der Waals surface area contributed by atoms with Crippen LogP contribution in [0, 0.1) is 11.8 Å². The van der Waals surface area contributed by atoms with Gasteiger partial charge in [-0.05, 0) is 24.7 Å². The van der Waals surface area contributed by atoms with Crippen LogP contribution in [0.4, 0.5) is 0 Å². The number of nitrogens with zero attached hydrogens (tertiary/aromatic N) is 2. The molecule has 0 spiro atoms. The first-order valence-electron chi connectivity index (χ1n) is 7.43. The van der Waals surface area contributed by atoms with Crippen molar-refractivity contribution in [1.29, 1.82) is 0 Å². The topological polar surface area (TPSA) is 53.4 Å². The molecule has 2 heterocycles. The number of carbonyl (C=O) groups is 1. The van der Waals surface area contributed by atoms with Crippen LogP contribution in [0.25, 0.3) is 0 Å². The van der Waals surface area contributed by atoms with Gasteiger partial charge in [-0.25, -0.2) is 9.78 Å². The minimum Gasteiger partial charge on any atom is -0.477 e. The molecule has 1 aliphatic rings. The van der Waals surface area contributed by atoms with E-state index in [1.807, 2.05) is 6.92 Å². The molecule has 0 amide bonds. The zero-order valence-electron chi connectivity index (χ0n) is 12.6. The summed E-state index contributed by atoms with van der Waals surface area (Å²) in [7, 11) is 0. The number of aromatic carboxylic acids is 1. The van der Waals surface area contributed by atoms with E-state index in [-0.39, 0.29) is 0 Å². The zero-order chi connectivity index (χ0) is 14.7. The Morgan fingerprint density at radius 3 is 2.55 bits per heavy atom. The normalized spacial score (nSPS) is 23.9. The summed E-state index contributed by atoms with van der Waals surface area (Å²) in [6, 6.07) is 0. The van der Waals surface area contributed by atoms with E-state index in [2.05, 4.69) is 23.7 Å². The molecule has 0 saturated carbocycles. The average molecular weight is 296 g/mol. The van der Waals surface area contributed by atoms with E-state index in [0.717, 1.165) is 48.6 Å². The molecule has 2 atom stereocenters. The van der Waals surface area contributed by atoms with Crippen LogP contribution in [0.2, 0.25) is 0 Å². The average Bonchev–Trinajstić information content (AvgIpc) is 2.78. The predicted octanol–water partition coefficient (Wildman–Crippen LogP) is 2.92. The number of hydrogen-bond acceptors (Lipinski definition) is 4. The smallest absolute Gasteiger partial charge is 0.347 e. The van der Waals surface area contributed by atoms with Crippen LogP contribution in [-0.2, 0) is 12.8 Å². The molecule has 2 unspecified atom stereocenters. The Kier molecular flexibility index (Phi) is 5.16. The summed E-state index contributed by atoms with van der Waals surface area (Å²) in [5.74, 6) is 0.678. The summed E-state index contributed by atoms with van der Waals surface area (Å²) < 4.78 is 0. The van der Waals surface area contributed by atoms with Gasteiger partial charge in [0.2, 0.25) is 0 Å². The van der Waals surface area contributed by atoms with Gasteiger partial charge >= 0.3 is 5.97 Å². The molecule has 0 bridgehead atoms. The van der Waals surface area contributed by atoms with Gasteiger partial charge < -0.3 is 10.0 Å². The van der Waals surface area contributed by atoms with Crippen LogP contribution >= 0.6 is 11.3 Å². The van der Waals surface area contributed by atoms with Gasteiger partial charge in [0.25, 0.3) is 0 Å². The Bertz CT molecular complexity index is 462. The first kappa shape index (κ1) is 15.4. The summed E-state index contributed by atoms with van der Waals surface area (Å²) in [6.45, 7) is 9.88. The van der Waals surface area contributed by atoms with Crippen LogP contribution in [0.5, 0.6) is 0 Å². The van der Waals surface area contributed by atoms with Gasteiger partial charge in [0.05, 0.1) is 10.7 Å². The summed E-state index contributed by atoms with van der Waals surface area (Å²) >= 11 is 1.35. The quantitative estimate of drug-likeness (QED) is 0.907. The Hall–Kier alpha value is -0.940. The SMILES string of the molecule is CCc1nc(CCN2CC(C)CC(C)C2)sc1C(=O)O. The minimum absolute atomic E-state index is 0.419. The summed E-state index contributed by atoms with van der Waals surface area (Å²) in [5, 5.41) is 10.1. The van der Waals surface area contributed by atoms with Crippen molar-refractivity contribution in [2.75, 3.05) is 19.6 Å². The second-order valence-corrected chi connectivity index (χ2v) is 7.08. The van der Waals surface area contributed by atoms with Gasteiger partial charge in [-0.2, -0.15) is 0 Å². The highest BCUT2D eigenvalue weighted by molar-refractivity contribution is 7.13. The van der Waals surface area contributed by atoms with E-state index in [4.69, 9.17) is 5.11 Å². The summed E-state index contributed by atoms with van der Waals surface area (Å²) in [6.07, 6.45) is 2.87. The first-order chi connectivity index (χ1) is 9.49. The fourth-order valence-electron chi connectivity index (χ4n) is 3.14. The first-order valence-corrected chi connectivity index (χ1v) is 8.25. The Balaban J connectivity index is 1.95. The number of carboxylic acids is 1. The highest BCUT2D eigenvalue weighted by Crippen LogP contribution is 2.23. The molecule has 4 nitrogen and oxygen atoms in total. The summed E-state index contributed by atoms with van der Waals surface area (Å²) in [4.78, 5) is 18.5. The molecule has 112 valence electrons. The Labute approximate surface area is 124 Å². The van der Waals surface area contributed by atoms with Crippen molar-refractivity contribution in [3.63, 3.8) is 0 Å². The lowest BCUT2D eigenvalue weighted by Crippen LogP contribution is -2.39. The molecule has 1 N–H and O–H groups in total. The van der Waals surface area contributed by atoms with Crippen LogP contribution in [0.15, 0.2) is 0 Å². The molecular formula is C15H24N2O2S. The maximum absolute atomic E-state index is 11.1. The number of likely N-dealkylation sites (tertiary alicyclic amines) is 1. The van der Waals surface area contributed by atoms with Gasteiger partial charge in [-0.3, -0.25) is 0 Å². The van der Waals surface area contributed by atoms with Crippen molar-refractivity contribution in [3.8, 4) is 0 Å². The van der Waals surface area contributed by atoms with E-state index in [1.54, 1.807) is 0 Å². The van der Waals surface area contributed by atoms with E-state index in [9.17, 15) is 4.79 Å². The molecule has 1 aliphatic heterocycles. The Morgan fingerprint density at radius 2 is 2.05 bits per heavy atom. The van der Waals surface area contributed by atoms with Crippen LogP contribution in [-0.4, -0.2) is 40.6 Å². The van der Waals surface area contributed by atoms with Crippen molar-refractivity contribution in [1.82, 2.24) is 9.88 Å². The van der Waals surface area contributed by atoms with E-state index in [0.29, 0.717) is 11.3 Å². The van der Waals surface area contributed by atoms with Crippen molar-refractivity contribution >= 4 is 17.3 Å². The highest BCUT2D eigenvalue weighted by atomic mass is 32.1. The third kappa shape index (κ3) is 3.79. The number of rotatable bonds is 5. The molecule has 0 radical (unpaired) electrons. The maximum Gasteiger partial charge on any atom is 0.347 e. The number of aryl methyl sites for hydroxylation is 1. The van der Waals surface area contributed by atoms with Gasteiger partial charge in [0, 0.05) is 26.1 Å². The number of hydrogen-bond donors (Lipinski definition) is 1. The highest BCUT2D eigenvalue weighted by Gasteiger charge is 2.22. The monoisotopic (exact) mass is 296 g/mol. The lowest BCUT2D eigenvalue weighted by Gasteiger charge is -2.34. The molecule has 1 fully saturated rings. The zero-order valence-corrected chi connectivity index (χ0v) is 13.4. The molecule has 20 heavy (non-hydrogen) atoms. The Morgan fingerprint density at radius 1 is 1.40 bits per heavy atom. The van der Waals surface area contributed by atoms with Crippen LogP contribution < -0.4 is 0 Å². The molecular weight excluding hydrogens is 272 g/mol. The van der Waals surface area contributed by atoms with Crippen molar-refractivity contribution in [3.05, 3.63) is 15.6 Å². The molecule has 2 rings (SSSR count).